The minimum atomic E-state index is -0.269. The van der Waals surface area contributed by atoms with Gasteiger partial charge in [0.2, 0.25) is 0 Å². The maximum atomic E-state index is 11.1. The van der Waals surface area contributed by atoms with Gasteiger partial charge in [-0.05, 0) is 26.3 Å². The van der Waals surface area contributed by atoms with Gasteiger partial charge in [0, 0.05) is 5.57 Å². The third-order valence-electron chi connectivity index (χ3n) is 2.93. The van der Waals surface area contributed by atoms with Gasteiger partial charge in [0.25, 0.3) is 0 Å². The molecule has 0 fully saturated rings. The summed E-state index contributed by atoms with van der Waals surface area (Å²) < 4.78 is 5.03. The van der Waals surface area contributed by atoms with Crippen molar-refractivity contribution >= 4 is 5.97 Å². The van der Waals surface area contributed by atoms with E-state index in [2.05, 4.69) is 6.58 Å². The van der Waals surface area contributed by atoms with Crippen LogP contribution in [-0.4, -0.2) is 19.1 Å². The number of carbonyl (C=O) groups excluding carboxylic acids is 1. The summed E-state index contributed by atoms with van der Waals surface area (Å²) in [5.74, 6) is -0.269. The first-order valence-corrected chi connectivity index (χ1v) is 7.21. The van der Waals surface area contributed by atoms with E-state index in [1.807, 2.05) is 0 Å². The Morgan fingerprint density at radius 1 is 0.944 bits per heavy atom. The second-order valence-corrected chi connectivity index (χ2v) is 4.89. The first-order chi connectivity index (χ1) is 8.68. The smallest absolute Gasteiger partial charge is 0.333 e. The van der Waals surface area contributed by atoms with Crippen LogP contribution in [0.5, 0.6) is 0 Å². The summed E-state index contributed by atoms with van der Waals surface area (Å²) in [6.45, 7) is 6.57. The summed E-state index contributed by atoms with van der Waals surface area (Å²) >= 11 is 0. The van der Waals surface area contributed by atoms with E-state index in [-0.39, 0.29) is 5.97 Å². The lowest BCUT2D eigenvalue weighted by atomic mass is 10.1. The number of hydrogen-bond donors (Lipinski definition) is 1. The minimum absolute atomic E-state index is 0.269. The molecule has 0 bridgehead atoms. The predicted octanol–water partition coefficient (Wildman–Crippen LogP) is 3.58. The predicted molar refractivity (Wildman–Crippen MR) is 76.4 cm³/mol. The Kier molecular flexibility index (Phi) is 12.0. The minimum Gasteiger partial charge on any atom is -0.462 e. The van der Waals surface area contributed by atoms with Crippen molar-refractivity contribution in [3.63, 3.8) is 0 Å². The number of unbranched alkanes of at least 4 members (excludes halogenated alkanes) is 8. The fourth-order valence-electron chi connectivity index (χ4n) is 1.77. The van der Waals surface area contributed by atoms with Crippen molar-refractivity contribution in [1.29, 1.82) is 0 Å². The molecule has 0 unspecified atom stereocenters. The summed E-state index contributed by atoms with van der Waals surface area (Å²) in [4.78, 5) is 11.1. The van der Waals surface area contributed by atoms with Crippen LogP contribution in [0.3, 0.4) is 0 Å². The van der Waals surface area contributed by atoms with Crippen LogP contribution >= 0.6 is 0 Å². The zero-order valence-electron chi connectivity index (χ0n) is 11.9. The highest BCUT2D eigenvalue weighted by Crippen LogP contribution is 2.09. The lowest BCUT2D eigenvalue weighted by Gasteiger charge is -2.04. The summed E-state index contributed by atoms with van der Waals surface area (Å²) in [6, 6.07) is 0. The van der Waals surface area contributed by atoms with E-state index < -0.39 is 0 Å². The second kappa shape index (κ2) is 12.6. The molecule has 0 radical (unpaired) electrons. The standard InChI is InChI=1S/C15H29NO2/c1-14(2)15(17)18-13-11-9-7-5-3-4-6-8-10-12-16/h1,3-13,16H2,2H3. The molecule has 0 aromatic rings. The number of rotatable bonds is 12. The molecule has 0 spiro atoms. The highest BCUT2D eigenvalue weighted by Gasteiger charge is 2.01. The number of esters is 1. The van der Waals surface area contributed by atoms with Crippen molar-refractivity contribution in [3.8, 4) is 0 Å². The van der Waals surface area contributed by atoms with Gasteiger partial charge in [0.05, 0.1) is 6.61 Å². The maximum Gasteiger partial charge on any atom is 0.333 e. The van der Waals surface area contributed by atoms with Crippen molar-refractivity contribution in [3.05, 3.63) is 12.2 Å². The average Bonchev–Trinajstić information content (AvgIpc) is 2.35. The molecule has 0 saturated heterocycles. The Bertz CT molecular complexity index is 227. The number of nitrogens with two attached hydrogens (primary N) is 1. The van der Waals surface area contributed by atoms with Crippen LogP contribution in [0.1, 0.15) is 64.7 Å². The van der Waals surface area contributed by atoms with Gasteiger partial charge in [-0.3, -0.25) is 0 Å². The third kappa shape index (κ3) is 11.6. The van der Waals surface area contributed by atoms with E-state index >= 15 is 0 Å². The molecule has 0 aromatic carbocycles. The molecule has 106 valence electrons. The molecular formula is C15H29NO2. The summed E-state index contributed by atoms with van der Waals surface area (Å²) in [5.41, 5.74) is 5.92. The topological polar surface area (TPSA) is 52.3 Å². The van der Waals surface area contributed by atoms with Crippen LogP contribution < -0.4 is 5.73 Å². The summed E-state index contributed by atoms with van der Waals surface area (Å²) in [6.07, 6.45) is 11.0. The highest BCUT2D eigenvalue weighted by atomic mass is 16.5. The molecule has 0 rings (SSSR count). The van der Waals surface area contributed by atoms with Crippen molar-refractivity contribution in [2.24, 2.45) is 5.73 Å². The normalized spacial score (nSPS) is 10.3. The average molecular weight is 255 g/mol. The van der Waals surface area contributed by atoms with Gasteiger partial charge in [-0.1, -0.05) is 51.5 Å². The van der Waals surface area contributed by atoms with E-state index in [9.17, 15) is 4.79 Å². The zero-order chi connectivity index (χ0) is 13.6. The van der Waals surface area contributed by atoms with Gasteiger partial charge >= 0.3 is 5.97 Å². The molecule has 0 aromatic heterocycles. The van der Waals surface area contributed by atoms with E-state index in [0.29, 0.717) is 12.2 Å². The van der Waals surface area contributed by atoms with Crippen molar-refractivity contribution < 1.29 is 9.53 Å². The lowest BCUT2D eigenvalue weighted by Crippen LogP contribution is -2.05. The van der Waals surface area contributed by atoms with Crippen LogP contribution in [0.4, 0.5) is 0 Å². The summed E-state index contributed by atoms with van der Waals surface area (Å²) in [5, 5.41) is 0. The van der Waals surface area contributed by atoms with Crippen molar-refractivity contribution in [1.82, 2.24) is 0 Å². The Labute approximate surface area is 112 Å². The maximum absolute atomic E-state index is 11.1. The monoisotopic (exact) mass is 255 g/mol. The quantitative estimate of drug-likeness (QED) is 0.329. The molecule has 0 atom stereocenters. The summed E-state index contributed by atoms with van der Waals surface area (Å²) in [7, 11) is 0. The van der Waals surface area contributed by atoms with Gasteiger partial charge in [0.15, 0.2) is 0 Å². The third-order valence-corrected chi connectivity index (χ3v) is 2.93. The number of hydrogen-bond acceptors (Lipinski definition) is 3. The molecule has 0 aliphatic carbocycles. The van der Waals surface area contributed by atoms with Gasteiger partial charge in [-0.15, -0.1) is 0 Å². The first-order valence-electron chi connectivity index (χ1n) is 7.21. The van der Waals surface area contributed by atoms with Crippen LogP contribution in [0.2, 0.25) is 0 Å². The van der Waals surface area contributed by atoms with Crippen LogP contribution in [0, 0.1) is 0 Å². The zero-order valence-corrected chi connectivity index (χ0v) is 11.9. The molecule has 18 heavy (non-hydrogen) atoms. The van der Waals surface area contributed by atoms with Crippen LogP contribution in [0.25, 0.3) is 0 Å². The largest absolute Gasteiger partial charge is 0.462 e. The van der Waals surface area contributed by atoms with E-state index in [1.165, 1.54) is 38.5 Å². The Hall–Kier alpha value is -0.830. The molecule has 0 aliphatic heterocycles. The number of carbonyl (C=O) groups is 1. The Balaban J connectivity index is 3.07. The molecular weight excluding hydrogens is 226 g/mol. The van der Waals surface area contributed by atoms with Gasteiger partial charge in [0.1, 0.15) is 0 Å². The lowest BCUT2D eigenvalue weighted by molar-refractivity contribution is -0.139. The van der Waals surface area contributed by atoms with E-state index in [0.717, 1.165) is 25.8 Å². The van der Waals surface area contributed by atoms with E-state index in [1.54, 1.807) is 6.92 Å². The van der Waals surface area contributed by atoms with Crippen LogP contribution in [0.15, 0.2) is 12.2 Å². The van der Waals surface area contributed by atoms with Crippen molar-refractivity contribution in [2.75, 3.05) is 13.2 Å². The fraction of sp³-hybridized carbons (Fsp3) is 0.800. The van der Waals surface area contributed by atoms with Crippen LogP contribution in [-0.2, 0) is 9.53 Å². The Morgan fingerprint density at radius 3 is 1.83 bits per heavy atom. The number of ether oxygens (including phenoxy) is 1. The molecule has 2 N–H and O–H groups in total. The molecule has 0 amide bonds. The molecule has 0 heterocycles. The highest BCUT2D eigenvalue weighted by molar-refractivity contribution is 5.86. The second-order valence-electron chi connectivity index (χ2n) is 4.89. The van der Waals surface area contributed by atoms with Gasteiger partial charge < -0.3 is 10.5 Å². The molecule has 3 heteroatoms. The molecule has 3 nitrogen and oxygen atoms in total. The first kappa shape index (κ1) is 17.2. The molecule has 0 saturated carbocycles. The van der Waals surface area contributed by atoms with E-state index in [4.69, 9.17) is 10.5 Å². The SMILES string of the molecule is C=C(C)C(=O)OCCCCCCCCCCCN. The Morgan fingerprint density at radius 2 is 1.39 bits per heavy atom. The van der Waals surface area contributed by atoms with Gasteiger partial charge in [-0.2, -0.15) is 0 Å². The molecule has 0 aliphatic rings. The van der Waals surface area contributed by atoms with Gasteiger partial charge in [-0.25, -0.2) is 4.79 Å². The van der Waals surface area contributed by atoms with Crippen molar-refractivity contribution in [2.45, 2.75) is 64.7 Å². The fourth-order valence-corrected chi connectivity index (χ4v) is 1.77.